The van der Waals surface area contributed by atoms with Gasteiger partial charge in [0.2, 0.25) is 0 Å². The fraction of sp³-hybridized carbons (Fsp3) is 0.542. The van der Waals surface area contributed by atoms with Crippen molar-refractivity contribution in [1.82, 2.24) is 9.69 Å². The second-order valence-corrected chi connectivity index (χ2v) is 12.0. The van der Waals surface area contributed by atoms with Crippen molar-refractivity contribution in [3.8, 4) is 5.75 Å². The van der Waals surface area contributed by atoms with Gasteiger partial charge >= 0.3 is 12.2 Å². The number of ether oxygens (including phenoxy) is 3. The van der Waals surface area contributed by atoms with Gasteiger partial charge < -0.3 is 23.9 Å². The summed E-state index contributed by atoms with van der Waals surface area (Å²) in [4.78, 5) is 27.8. The van der Waals surface area contributed by atoms with Crippen molar-refractivity contribution in [2.45, 2.75) is 78.7 Å². The van der Waals surface area contributed by atoms with Gasteiger partial charge in [-0.2, -0.15) is 4.37 Å². The summed E-state index contributed by atoms with van der Waals surface area (Å²) < 4.78 is 27.6. The van der Waals surface area contributed by atoms with Crippen LogP contribution >= 0.6 is 22.9 Å². The van der Waals surface area contributed by atoms with Gasteiger partial charge in [0.05, 0.1) is 29.5 Å². The molecule has 3 rings (SSSR count). The second-order valence-electron chi connectivity index (χ2n) is 10.1. The molecule has 0 fully saturated rings. The van der Waals surface area contributed by atoms with E-state index in [-0.39, 0.29) is 12.6 Å². The highest BCUT2D eigenvalue weighted by atomic mass is 32.1. The minimum absolute atomic E-state index is 0.200. The number of hydrogen-bond donors (Lipinski definition) is 1. The Balaban J connectivity index is 1.90. The lowest BCUT2D eigenvalue weighted by atomic mass is 10.2. The molecule has 1 unspecified atom stereocenters. The van der Waals surface area contributed by atoms with Crippen molar-refractivity contribution < 1.29 is 28.2 Å². The SMILES string of the molecule is COc1c(CC(C)NC(=O)OC(C)(C)C)sc2c(N(Cc3ccco3)C(=O)OC(C)(C)C)snc12. The minimum Gasteiger partial charge on any atom is -0.493 e. The van der Waals surface area contributed by atoms with Gasteiger partial charge in [-0.15, -0.1) is 11.3 Å². The van der Waals surface area contributed by atoms with Crippen molar-refractivity contribution in [1.29, 1.82) is 0 Å². The van der Waals surface area contributed by atoms with E-state index in [0.717, 1.165) is 9.58 Å². The van der Waals surface area contributed by atoms with E-state index in [9.17, 15) is 9.59 Å². The van der Waals surface area contributed by atoms with Crippen LogP contribution in [0.4, 0.5) is 14.6 Å². The van der Waals surface area contributed by atoms with Crippen molar-refractivity contribution >= 4 is 50.3 Å². The van der Waals surface area contributed by atoms with Crippen molar-refractivity contribution in [2.24, 2.45) is 0 Å². The molecule has 11 heteroatoms. The quantitative estimate of drug-likeness (QED) is 0.384. The molecule has 0 saturated carbocycles. The van der Waals surface area contributed by atoms with Crippen LogP contribution in [0.2, 0.25) is 0 Å². The molecule has 9 nitrogen and oxygen atoms in total. The highest BCUT2D eigenvalue weighted by Gasteiger charge is 2.30. The zero-order chi connectivity index (χ0) is 26.0. The average molecular weight is 524 g/mol. The van der Waals surface area contributed by atoms with Gasteiger partial charge in [-0.25, -0.2) is 9.59 Å². The number of carbonyl (C=O) groups excluding carboxylic acids is 2. The van der Waals surface area contributed by atoms with E-state index < -0.39 is 23.4 Å². The molecule has 0 radical (unpaired) electrons. The van der Waals surface area contributed by atoms with Gasteiger partial charge in [0, 0.05) is 12.5 Å². The third kappa shape index (κ3) is 7.11. The summed E-state index contributed by atoms with van der Waals surface area (Å²) in [5.74, 6) is 1.25. The topological polar surface area (TPSA) is 103 Å². The molecule has 1 atom stereocenters. The lowest BCUT2D eigenvalue weighted by Gasteiger charge is -2.25. The maximum atomic E-state index is 13.2. The molecule has 3 heterocycles. The molecule has 0 aliphatic rings. The number of fused-ring (bicyclic) bond motifs is 1. The predicted molar refractivity (Wildman–Crippen MR) is 138 cm³/mol. The fourth-order valence-corrected chi connectivity index (χ4v) is 5.61. The Morgan fingerprint density at radius 1 is 1.17 bits per heavy atom. The van der Waals surface area contributed by atoms with Crippen molar-refractivity contribution in [3.63, 3.8) is 0 Å². The van der Waals surface area contributed by atoms with Crippen LogP contribution in [0.1, 0.15) is 59.1 Å². The summed E-state index contributed by atoms with van der Waals surface area (Å²) >= 11 is 2.68. The molecule has 1 N–H and O–H groups in total. The largest absolute Gasteiger partial charge is 0.493 e. The third-order valence-electron chi connectivity index (χ3n) is 4.54. The van der Waals surface area contributed by atoms with Crippen LogP contribution in [0.5, 0.6) is 5.75 Å². The standard InChI is InChI=1S/C24H33N3O6S2/c1-14(25-21(28)32-23(2,3)4)12-16-18(30-8)17-19(34-16)20(35-26-17)27(13-15-10-9-11-31-15)22(29)33-24(5,6)7/h9-11,14H,12-13H2,1-8H3,(H,25,28). The molecule has 0 saturated heterocycles. The number of hydrogen-bond acceptors (Lipinski definition) is 9. The number of rotatable bonds is 7. The zero-order valence-electron chi connectivity index (χ0n) is 21.4. The van der Waals surface area contributed by atoms with Crippen molar-refractivity contribution in [3.05, 3.63) is 29.0 Å². The molecule has 3 aromatic heterocycles. The molecule has 0 aliphatic carbocycles. The summed E-state index contributed by atoms with van der Waals surface area (Å²) in [7, 11) is 1.59. The van der Waals surface area contributed by atoms with Crippen LogP contribution < -0.4 is 15.0 Å². The second kappa shape index (κ2) is 10.4. The van der Waals surface area contributed by atoms with Crippen LogP contribution in [-0.2, 0) is 22.4 Å². The molecule has 35 heavy (non-hydrogen) atoms. The van der Waals surface area contributed by atoms with E-state index in [0.29, 0.717) is 28.4 Å². The number of nitrogens with zero attached hydrogens (tertiary/aromatic N) is 2. The number of methoxy groups -OCH3 is 1. The van der Waals surface area contributed by atoms with E-state index in [1.54, 1.807) is 25.5 Å². The monoisotopic (exact) mass is 523 g/mol. The molecular formula is C24H33N3O6S2. The molecule has 192 valence electrons. The zero-order valence-corrected chi connectivity index (χ0v) is 23.0. The van der Waals surface area contributed by atoms with Gasteiger partial charge in [0.1, 0.15) is 27.5 Å². The van der Waals surface area contributed by atoms with Crippen LogP contribution in [-0.4, -0.2) is 40.9 Å². The number of anilines is 1. The first kappa shape index (κ1) is 26.8. The maximum absolute atomic E-state index is 13.2. The van der Waals surface area contributed by atoms with E-state index in [4.69, 9.17) is 18.6 Å². The molecule has 0 spiro atoms. The third-order valence-corrected chi connectivity index (χ3v) is 6.73. The predicted octanol–water partition coefficient (Wildman–Crippen LogP) is 6.36. The summed E-state index contributed by atoms with van der Waals surface area (Å²) in [5, 5.41) is 3.51. The van der Waals surface area contributed by atoms with Crippen LogP contribution in [0.3, 0.4) is 0 Å². The van der Waals surface area contributed by atoms with Gasteiger partial charge in [0.15, 0.2) is 5.75 Å². The Morgan fingerprint density at radius 3 is 2.43 bits per heavy atom. The summed E-state index contributed by atoms with van der Waals surface area (Å²) in [6.07, 6.45) is 1.11. The number of alkyl carbamates (subject to hydrolysis) is 1. The lowest BCUT2D eigenvalue weighted by Crippen LogP contribution is -2.38. The molecule has 0 aromatic carbocycles. The van der Waals surface area contributed by atoms with E-state index in [1.807, 2.05) is 48.5 Å². The van der Waals surface area contributed by atoms with Crippen LogP contribution in [0.15, 0.2) is 22.8 Å². The van der Waals surface area contributed by atoms with E-state index in [2.05, 4.69) is 9.69 Å². The molecule has 0 aliphatic heterocycles. The molecule has 3 aromatic rings. The molecular weight excluding hydrogens is 490 g/mol. The maximum Gasteiger partial charge on any atom is 0.415 e. The summed E-state index contributed by atoms with van der Waals surface area (Å²) in [6, 6.07) is 3.37. The van der Waals surface area contributed by atoms with Crippen LogP contribution in [0.25, 0.3) is 10.2 Å². The normalized spacial score (nSPS) is 12.9. The Morgan fingerprint density at radius 2 is 1.86 bits per heavy atom. The number of carbonyl (C=O) groups is 2. The number of aromatic nitrogens is 1. The molecule has 2 amide bonds. The highest BCUT2D eigenvalue weighted by molar-refractivity contribution is 7.25. The van der Waals surface area contributed by atoms with Crippen molar-refractivity contribution in [2.75, 3.05) is 12.0 Å². The van der Waals surface area contributed by atoms with Gasteiger partial charge in [-0.05, 0) is 72.1 Å². The Hall–Kier alpha value is -2.79. The first-order chi connectivity index (χ1) is 16.3. The van der Waals surface area contributed by atoms with E-state index >= 15 is 0 Å². The minimum atomic E-state index is -0.663. The number of amides is 2. The molecule has 0 bridgehead atoms. The first-order valence-corrected chi connectivity index (χ1v) is 12.8. The highest BCUT2D eigenvalue weighted by Crippen LogP contribution is 2.45. The Kier molecular flexibility index (Phi) is 8.00. The summed E-state index contributed by atoms with van der Waals surface area (Å²) in [5.41, 5.74) is -0.571. The average Bonchev–Trinajstić information content (AvgIpc) is 3.40. The van der Waals surface area contributed by atoms with E-state index in [1.165, 1.54) is 27.8 Å². The smallest absolute Gasteiger partial charge is 0.415 e. The number of furan rings is 1. The Bertz CT molecular complexity index is 1150. The number of thiophene rings is 1. The van der Waals surface area contributed by atoms with Gasteiger partial charge in [0.25, 0.3) is 0 Å². The number of nitrogens with one attached hydrogen (secondary N) is 1. The first-order valence-electron chi connectivity index (χ1n) is 11.2. The lowest BCUT2D eigenvalue weighted by molar-refractivity contribution is 0.0506. The summed E-state index contributed by atoms with van der Waals surface area (Å²) in [6.45, 7) is 13.0. The van der Waals surface area contributed by atoms with Gasteiger partial charge in [-0.3, -0.25) is 4.90 Å². The Labute approximate surface area is 213 Å². The van der Waals surface area contributed by atoms with Crippen LogP contribution in [0, 0.1) is 0 Å². The fourth-order valence-electron chi connectivity index (χ4n) is 3.26. The van der Waals surface area contributed by atoms with Gasteiger partial charge in [-0.1, -0.05) is 0 Å².